The zero-order valence-corrected chi connectivity index (χ0v) is 69.4. The Kier molecular flexibility index (Phi) is 19.3. The third-order valence-electron chi connectivity index (χ3n) is 25.3. The Hall–Kier alpha value is -15.9. The molecule has 604 valence electrons. The molecule has 4 nitrogen and oxygen atoms in total. The zero-order valence-electron chi connectivity index (χ0n) is 68.6. The Morgan fingerprint density at radius 2 is 0.575 bits per heavy atom. The average molecular weight is 1660 g/mol. The van der Waals surface area contributed by atoms with E-state index in [1.807, 2.05) is 158 Å². The summed E-state index contributed by atoms with van der Waals surface area (Å²) in [5.41, 5.74) is 20.1. The molecular formula is C118H76F4N2O2S. The Bertz CT molecular complexity index is 7280. The van der Waals surface area contributed by atoms with Crippen molar-refractivity contribution in [3.8, 4) is 89.8 Å². The molecule has 0 fully saturated rings. The van der Waals surface area contributed by atoms with Crippen LogP contribution < -0.4 is 19.3 Å². The van der Waals surface area contributed by atoms with Crippen molar-refractivity contribution >= 4 is 88.6 Å². The summed E-state index contributed by atoms with van der Waals surface area (Å²) in [6, 6.07) is 141. The maximum absolute atomic E-state index is 17.6. The lowest BCUT2D eigenvalue weighted by atomic mass is 9.67. The van der Waals surface area contributed by atoms with Crippen LogP contribution in [0.3, 0.4) is 0 Å². The van der Waals surface area contributed by atoms with Crippen LogP contribution in [0.15, 0.2) is 438 Å². The van der Waals surface area contributed by atoms with Gasteiger partial charge in [0.15, 0.2) is 0 Å². The maximum atomic E-state index is 17.6. The lowest BCUT2D eigenvalue weighted by Crippen LogP contribution is -2.31. The van der Waals surface area contributed by atoms with Crippen LogP contribution in [0.2, 0.25) is 0 Å². The monoisotopic (exact) mass is 1660 g/mol. The first kappa shape index (κ1) is 77.1. The lowest BCUT2D eigenvalue weighted by molar-refractivity contribution is 0.481. The maximum Gasteiger partial charge on any atom is 0.130 e. The smallest absolute Gasteiger partial charge is 0.130 e. The fourth-order valence-electron chi connectivity index (χ4n) is 19.6. The number of nitrogens with zero attached hydrogens (tertiary/aromatic N) is 2. The van der Waals surface area contributed by atoms with Gasteiger partial charge in [0.2, 0.25) is 0 Å². The van der Waals surface area contributed by atoms with Gasteiger partial charge in [-0.25, -0.2) is 17.6 Å². The van der Waals surface area contributed by atoms with Crippen LogP contribution in [-0.4, -0.2) is 0 Å². The van der Waals surface area contributed by atoms with Crippen molar-refractivity contribution in [1.82, 2.24) is 0 Å². The van der Waals surface area contributed by atoms with Gasteiger partial charge in [-0.3, -0.25) is 0 Å². The van der Waals surface area contributed by atoms with E-state index in [0.29, 0.717) is 45.3 Å². The molecule has 1 heterocycles. The second-order valence-electron chi connectivity index (χ2n) is 32.3. The molecule has 1 aromatic heterocycles. The number of fused-ring (bicyclic) bond motifs is 10. The molecule has 0 N–H and O–H groups in total. The molecule has 0 saturated carbocycles. The molecule has 0 saturated heterocycles. The highest BCUT2D eigenvalue weighted by atomic mass is 32.1. The molecule has 2 atom stereocenters. The van der Waals surface area contributed by atoms with E-state index in [0.717, 1.165) is 154 Å². The summed E-state index contributed by atoms with van der Waals surface area (Å²) in [5.74, 6) is -0.304. The Morgan fingerprint density at radius 1 is 0.244 bits per heavy atom. The van der Waals surface area contributed by atoms with E-state index in [-0.39, 0.29) is 11.1 Å². The highest BCUT2D eigenvalue weighted by Crippen LogP contribution is 2.61. The first-order valence-corrected chi connectivity index (χ1v) is 43.2. The van der Waals surface area contributed by atoms with Crippen LogP contribution in [-0.2, 0) is 10.8 Å². The van der Waals surface area contributed by atoms with E-state index < -0.39 is 34.1 Å². The number of halogens is 4. The largest absolute Gasteiger partial charge is 0.457 e. The minimum atomic E-state index is -1.50. The van der Waals surface area contributed by atoms with Gasteiger partial charge in [-0.1, -0.05) is 292 Å². The number of hydrogen-bond acceptors (Lipinski definition) is 5. The van der Waals surface area contributed by atoms with E-state index in [4.69, 9.17) is 9.47 Å². The van der Waals surface area contributed by atoms with E-state index >= 15 is 17.6 Å². The molecular weight excluding hydrogens is 1590 g/mol. The predicted molar refractivity (Wildman–Crippen MR) is 516 cm³/mol. The number of thiophene rings is 1. The molecule has 20 aromatic rings. The van der Waals surface area contributed by atoms with Crippen LogP contribution >= 0.6 is 11.3 Å². The van der Waals surface area contributed by atoms with Crippen LogP contribution in [0.4, 0.5) is 51.7 Å². The van der Waals surface area contributed by atoms with Crippen LogP contribution in [0.1, 0.15) is 55.6 Å². The third-order valence-corrected chi connectivity index (χ3v) is 26.5. The first-order chi connectivity index (χ1) is 62.5. The quantitative estimate of drug-likeness (QED) is 0.0710. The van der Waals surface area contributed by atoms with E-state index in [1.54, 1.807) is 23.5 Å². The minimum absolute atomic E-state index is 0.0817. The zero-order chi connectivity index (χ0) is 85.4. The Balaban J connectivity index is 0.696. The summed E-state index contributed by atoms with van der Waals surface area (Å²) in [4.78, 5) is 4.51. The Morgan fingerprint density at radius 3 is 0.992 bits per heavy atom. The van der Waals surface area contributed by atoms with Gasteiger partial charge in [0.25, 0.3) is 0 Å². The number of rotatable bonds is 20. The summed E-state index contributed by atoms with van der Waals surface area (Å²) in [5, 5.41) is 4.19. The number of anilines is 6. The normalized spacial score (nSPS) is 14.1. The summed E-state index contributed by atoms with van der Waals surface area (Å²) in [6.07, 6.45) is 3.56. The molecule has 0 amide bonds. The molecule has 127 heavy (non-hydrogen) atoms. The molecule has 9 heteroatoms. The van der Waals surface area contributed by atoms with Gasteiger partial charge >= 0.3 is 0 Å². The van der Waals surface area contributed by atoms with Crippen LogP contribution in [0.25, 0.3) is 110 Å². The average Bonchev–Trinajstić information content (AvgIpc) is 1.54. The standard InChI is InChI=1S/C118H76F4N2O2S/c1-3-75-37-58-91(59-38-75)125-93-62-46-83(47-63-93)117(115-109(119)33-19-34-110(115)120)105-31-17-15-29-99(105)101-66-55-88(72-107(101)117)123(85-50-41-79(42-51-85)97-27-13-11-25-95(97)77-21-7-5-8-22-77)87-54-45-81-70-104-103-68-57-90(74-114(103)127-113(104)71-82(81)69-87)124(86-52-43-80(44-53-86)98-28-14-12-26-96(98)78-23-9-6-10-24-78)89-56-67-102-100-30-16-18-32-106(100)118(108(102)73-89,116-111(121)35-20-36-112(116)122)84-48-64-94(65-49-84)126-92-60-39-76(4-2)40-61-92/h3-74H,1-2H2. The third kappa shape index (κ3) is 13.2. The molecule has 2 aliphatic carbocycles. The van der Waals surface area contributed by atoms with Gasteiger partial charge in [-0.2, -0.15) is 0 Å². The topological polar surface area (TPSA) is 24.9 Å². The van der Waals surface area contributed by atoms with E-state index in [1.165, 1.54) is 36.4 Å². The number of hydrogen-bond donors (Lipinski definition) is 0. The minimum Gasteiger partial charge on any atom is -0.457 e. The van der Waals surface area contributed by atoms with Crippen molar-refractivity contribution in [1.29, 1.82) is 0 Å². The summed E-state index contributed by atoms with van der Waals surface area (Å²) in [6.45, 7) is 7.83. The van der Waals surface area contributed by atoms with Crippen molar-refractivity contribution in [2.75, 3.05) is 9.80 Å². The van der Waals surface area contributed by atoms with Crippen molar-refractivity contribution in [2.24, 2.45) is 0 Å². The second-order valence-corrected chi connectivity index (χ2v) is 33.4. The first-order valence-electron chi connectivity index (χ1n) is 42.4. The molecule has 19 aromatic carbocycles. The van der Waals surface area contributed by atoms with Gasteiger partial charge in [0, 0.05) is 65.4 Å². The predicted octanol–water partition coefficient (Wildman–Crippen LogP) is 33.0. The SMILES string of the molecule is C=Cc1ccc(Oc2ccc(C3(c4c(F)cccc4F)c4ccccc4-c4ccc(N(c5ccc(-c6ccccc6-c6ccccc6)cc5)c5ccc6cc7c(cc6c5)sc5cc(N(c6ccc(-c8ccccc8-c8ccccc8)cc6)c6ccc8c(c6)C(c6ccc(Oc9ccc(C=C)cc9)cc6)(c6c(F)cccc6F)c6ccccc6-8)ccc57)cc43)cc2)cc1. The fraction of sp³-hybridized carbons (Fsp3) is 0.0169. The van der Waals surface area contributed by atoms with Gasteiger partial charge < -0.3 is 19.3 Å². The fourth-order valence-corrected chi connectivity index (χ4v) is 20.8. The highest BCUT2D eigenvalue weighted by Gasteiger charge is 2.51. The van der Waals surface area contributed by atoms with Crippen molar-refractivity contribution < 1.29 is 27.0 Å². The number of benzene rings is 19. The molecule has 0 radical (unpaired) electrons. The van der Waals surface area contributed by atoms with Gasteiger partial charge in [-0.15, -0.1) is 11.3 Å². The van der Waals surface area contributed by atoms with Gasteiger partial charge in [0.1, 0.15) is 46.3 Å². The van der Waals surface area contributed by atoms with Crippen LogP contribution in [0.5, 0.6) is 23.0 Å². The van der Waals surface area contributed by atoms with Gasteiger partial charge in [0.05, 0.1) is 10.8 Å². The molecule has 2 aliphatic rings. The van der Waals surface area contributed by atoms with E-state index in [2.05, 4.69) is 253 Å². The molecule has 0 aliphatic heterocycles. The summed E-state index contributed by atoms with van der Waals surface area (Å²) >= 11 is 1.71. The second kappa shape index (κ2) is 31.7. The highest BCUT2D eigenvalue weighted by molar-refractivity contribution is 7.26. The van der Waals surface area contributed by atoms with Gasteiger partial charge in [-0.05, 0) is 280 Å². The van der Waals surface area contributed by atoms with Crippen molar-refractivity contribution in [3.63, 3.8) is 0 Å². The molecule has 0 spiro atoms. The lowest BCUT2D eigenvalue weighted by Gasteiger charge is -2.35. The van der Waals surface area contributed by atoms with E-state index in [9.17, 15) is 0 Å². The Labute approximate surface area is 737 Å². The summed E-state index contributed by atoms with van der Waals surface area (Å²) in [7, 11) is 0. The van der Waals surface area contributed by atoms with Crippen molar-refractivity contribution in [3.05, 3.63) is 517 Å². The number of ether oxygens (including phenoxy) is 2. The molecule has 0 bridgehead atoms. The van der Waals surface area contributed by atoms with Crippen LogP contribution in [0, 0.1) is 23.3 Å². The molecule has 2 unspecified atom stereocenters. The molecule has 22 rings (SSSR count). The van der Waals surface area contributed by atoms with Crippen molar-refractivity contribution in [2.45, 2.75) is 10.8 Å². The summed E-state index contributed by atoms with van der Waals surface area (Å²) < 4.78 is 85.3.